The standard InChI is InChI=1S/C23H21NO5/c1-13(25)11-24-22(26)9-17-14(2)16-8-18-19(15-6-4-3-5-7-15)12-28-20(18)10-21(16)29-23(17)27/h3-8,10,12-13,25H,9,11H2,1-2H3,(H,24,26). The van der Waals surface area contributed by atoms with Crippen LogP contribution in [0.4, 0.5) is 0 Å². The van der Waals surface area contributed by atoms with Crippen LogP contribution in [0.15, 0.2) is 62.4 Å². The molecule has 0 spiro atoms. The van der Waals surface area contributed by atoms with E-state index < -0.39 is 11.7 Å². The van der Waals surface area contributed by atoms with Gasteiger partial charge in [-0.2, -0.15) is 0 Å². The van der Waals surface area contributed by atoms with Crippen LogP contribution in [0, 0.1) is 6.92 Å². The summed E-state index contributed by atoms with van der Waals surface area (Å²) in [6, 6.07) is 13.5. The first-order valence-electron chi connectivity index (χ1n) is 9.41. The molecule has 2 heterocycles. The van der Waals surface area contributed by atoms with Gasteiger partial charge < -0.3 is 19.3 Å². The summed E-state index contributed by atoms with van der Waals surface area (Å²) in [5.41, 5.74) is 3.48. The number of fused-ring (bicyclic) bond motifs is 2. The van der Waals surface area contributed by atoms with E-state index in [1.165, 1.54) is 0 Å². The van der Waals surface area contributed by atoms with Crippen molar-refractivity contribution in [2.75, 3.05) is 6.54 Å². The number of carbonyl (C=O) groups is 1. The maximum Gasteiger partial charge on any atom is 0.340 e. The number of aliphatic hydroxyl groups is 1. The number of carbonyl (C=O) groups excluding carboxylic acids is 1. The molecule has 1 unspecified atom stereocenters. The number of benzene rings is 2. The Bertz CT molecular complexity index is 1250. The summed E-state index contributed by atoms with van der Waals surface area (Å²) in [6.07, 6.45) is 0.932. The molecule has 4 rings (SSSR count). The van der Waals surface area contributed by atoms with Crippen LogP contribution in [0.2, 0.25) is 0 Å². The molecule has 2 aromatic carbocycles. The van der Waals surface area contributed by atoms with Crippen LogP contribution in [-0.2, 0) is 11.2 Å². The van der Waals surface area contributed by atoms with E-state index in [9.17, 15) is 14.7 Å². The van der Waals surface area contributed by atoms with Crippen LogP contribution in [0.3, 0.4) is 0 Å². The highest BCUT2D eigenvalue weighted by Gasteiger charge is 2.17. The van der Waals surface area contributed by atoms with Gasteiger partial charge in [-0.3, -0.25) is 4.79 Å². The summed E-state index contributed by atoms with van der Waals surface area (Å²) in [5.74, 6) is -0.338. The van der Waals surface area contributed by atoms with Gasteiger partial charge in [0.05, 0.1) is 24.4 Å². The third-order valence-corrected chi connectivity index (χ3v) is 5.00. The number of rotatable bonds is 5. The minimum Gasteiger partial charge on any atom is -0.464 e. The molecule has 6 nitrogen and oxygen atoms in total. The Balaban J connectivity index is 1.80. The van der Waals surface area contributed by atoms with Gasteiger partial charge in [0.25, 0.3) is 0 Å². The summed E-state index contributed by atoms with van der Waals surface area (Å²) in [7, 11) is 0. The molecule has 29 heavy (non-hydrogen) atoms. The Kier molecular flexibility index (Phi) is 4.94. The molecular weight excluding hydrogens is 370 g/mol. The van der Waals surface area contributed by atoms with Gasteiger partial charge in [-0.25, -0.2) is 4.79 Å². The molecule has 0 saturated heterocycles. The lowest BCUT2D eigenvalue weighted by Crippen LogP contribution is -2.33. The molecule has 148 valence electrons. The molecule has 0 bridgehead atoms. The maximum atomic E-state index is 12.5. The average molecular weight is 391 g/mol. The lowest BCUT2D eigenvalue weighted by atomic mass is 9.99. The predicted octanol–water partition coefficient (Wildman–Crippen LogP) is 3.55. The van der Waals surface area contributed by atoms with Crippen LogP contribution in [0.1, 0.15) is 18.1 Å². The third kappa shape index (κ3) is 3.67. The fourth-order valence-corrected chi connectivity index (χ4v) is 3.44. The van der Waals surface area contributed by atoms with Gasteiger partial charge in [0.1, 0.15) is 11.2 Å². The smallest absolute Gasteiger partial charge is 0.340 e. The van der Waals surface area contributed by atoms with Crippen molar-refractivity contribution in [3.05, 3.63) is 70.3 Å². The molecule has 1 atom stereocenters. The SMILES string of the molecule is Cc1c(CC(=O)NCC(C)O)c(=O)oc2cc3occ(-c4ccccc4)c3cc12. The molecular formula is C23H21NO5. The molecule has 1 amide bonds. The first-order chi connectivity index (χ1) is 13.9. The van der Waals surface area contributed by atoms with Crippen molar-refractivity contribution in [3.63, 3.8) is 0 Å². The van der Waals surface area contributed by atoms with Crippen molar-refractivity contribution < 1.29 is 18.7 Å². The molecule has 0 aliphatic heterocycles. The van der Waals surface area contributed by atoms with E-state index in [4.69, 9.17) is 8.83 Å². The highest BCUT2D eigenvalue weighted by molar-refractivity contribution is 6.02. The van der Waals surface area contributed by atoms with Gasteiger partial charge in [0.2, 0.25) is 5.91 Å². The van der Waals surface area contributed by atoms with E-state index in [1.54, 1.807) is 19.3 Å². The van der Waals surface area contributed by atoms with E-state index in [1.807, 2.05) is 43.3 Å². The monoisotopic (exact) mass is 391 g/mol. The summed E-state index contributed by atoms with van der Waals surface area (Å²) in [4.78, 5) is 24.6. The van der Waals surface area contributed by atoms with E-state index in [-0.39, 0.29) is 18.9 Å². The molecule has 2 N–H and O–H groups in total. The molecule has 6 heteroatoms. The first-order valence-corrected chi connectivity index (χ1v) is 9.41. The third-order valence-electron chi connectivity index (χ3n) is 5.00. The van der Waals surface area contributed by atoms with Crippen molar-refractivity contribution in [2.24, 2.45) is 0 Å². The molecule has 0 radical (unpaired) electrons. The average Bonchev–Trinajstić information content (AvgIpc) is 3.12. The summed E-state index contributed by atoms with van der Waals surface area (Å²) < 4.78 is 11.2. The largest absolute Gasteiger partial charge is 0.464 e. The number of nitrogens with one attached hydrogen (secondary N) is 1. The van der Waals surface area contributed by atoms with Gasteiger partial charge in [-0.1, -0.05) is 30.3 Å². The minimum absolute atomic E-state index is 0.105. The second-order valence-corrected chi connectivity index (χ2v) is 7.18. The Morgan fingerprint density at radius 2 is 1.90 bits per heavy atom. The highest BCUT2D eigenvalue weighted by atomic mass is 16.4. The number of aryl methyl sites for hydroxylation is 1. The highest BCUT2D eigenvalue weighted by Crippen LogP contribution is 2.34. The molecule has 2 aromatic heterocycles. The van der Waals surface area contributed by atoms with E-state index in [0.29, 0.717) is 22.3 Å². The minimum atomic E-state index is -0.654. The zero-order valence-corrected chi connectivity index (χ0v) is 16.2. The Hall–Kier alpha value is -3.38. The summed E-state index contributed by atoms with van der Waals surface area (Å²) >= 11 is 0. The predicted molar refractivity (Wildman–Crippen MR) is 111 cm³/mol. The van der Waals surface area contributed by atoms with Crippen molar-refractivity contribution in [1.29, 1.82) is 0 Å². The lowest BCUT2D eigenvalue weighted by molar-refractivity contribution is -0.120. The van der Waals surface area contributed by atoms with Crippen molar-refractivity contribution >= 4 is 27.8 Å². The van der Waals surface area contributed by atoms with Gasteiger partial charge in [-0.05, 0) is 31.0 Å². The van der Waals surface area contributed by atoms with Crippen LogP contribution in [-0.4, -0.2) is 23.7 Å². The van der Waals surface area contributed by atoms with Crippen molar-refractivity contribution in [2.45, 2.75) is 26.4 Å². The molecule has 0 aliphatic carbocycles. The van der Waals surface area contributed by atoms with Crippen LogP contribution in [0.25, 0.3) is 33.1 Å². The van der Waals surface area contributed by atoms with Gasteiger partial charge >= 0.3 is 5.63 Å². The fourth-order valence-electron chi connectivity index (χ4n) is 3.44. The normalized spacial score (nSPS) is 12.4. The molecule has 0 fully saturated rings. The second-order valence-electron chi connectivity index (χ2n) is 7.18. The number of aliphatic hydroxyl groups excluding tert-OH is 1. The van der Waals surface area contributed by atoms with Crippen LogP contribution < -0.4 is 10.9 Å². The van der Waals surface area contributed by atoms with Crippen molar-refractivity contribution in [3.8, 4) is 11.1 Å². The summed E-state index contributed by atoms with van der Waals surface area (Å²) in [6.45, 7) is 3.52. The van der Waals surface area contributed by atoms with Gasteiger partial charge in [-0.15, -0.1) is 0 Å². The Labute approximate surface area is 166 Å². The van der Waals surface area contributed by atoms with Gasteiger partial charge in [0, 0.05) is 28.9 Å². The first kappa shape index (κ1) is 19.0. The Morgan fingerprint density at radius 1 is 1.14 bits per heavy atom. The lowest BCUT2D eigenvalue weighted by Gasteiger charge is -2.10. The van der Waals surface area contributed by atoms with E-state index >= 15 is 0 Å². The van der Waals surface area contributed by atoms with Crippen LogP contribution >= 0.6 is 0 Å². The number of amides is 1. The maximum absolute atomic E-state index is 12.5. The number of hydrogen-bond donors (Lipinski definition) is 2. The Morgan fingerprint density at radius 3 is 2.62 bits per heavy atom. The van der Waals surface area contributed by atoms with E-state index in [0.717, 1.165) is 21.9 Å². The van der Waals surface area contributed by atoms with Crippen LogP contribution in [0.5, 0.6) is 0 Å². The molecule has 0 saturated carbocycles. The number of furan rings is 1. The van der Waals surface area contributed by atoms with Crippen molar-refractivity contribution in [1.82, 2.24) is 5.32 Å². The van der Waals surface area contributed by atoms with E-state index in [2.05, 4.69) is 5.32 Å². The quantitative estimate of drug-likeness (QED) is 0.508. The number of hydrogen-bond acceptors (Lipinski definition) is 5. The summed E-state index contributed by atoms with van der Waals surface area (Å²) in [5, 5.41) is 13.6. The zero-order chi connectivity index (χ0) is 20.5. The zero-order valence-electron chi connectivity index (χ0n) is 16.2. The second kappa shape index (κ2) is 7.56. The topological polar surface area (TPSA) is 92.7 Å². The van der Waals surface area contributed by atoms with Gasteiger partial charge in [0.15, 0.2) is 0 Å². The molecule has 4 aromatic rings. The molecule has 0 aliphatic rings. The fraction of sp³-hybridized carbons (Fsp3) is 0.217.